The molecule has 1 fully saturated rings. The molecule has 1 aliphatic carbocycles. The van der Waals surface area contributed by atoms with Gasteiger partial charge >= 0.3 is 0 Å². The molecular weight excluding hydrogens is 234 g/mol. The molecular formula is C11H19N5S. The Hall–Kier alpha value is -1.01. The predicted octanol–water partition coefficient (Wildman–Crippen LogP) is 2.02. The molecule has 2 rings (SSSR count). The van der Waals surface area contributed by atoms with E-state index >= 15 is 0 Å². The van der Waals surface area contributed by atoms with Crippen molar-refractivity contribution in [3.05, 3.63) is 6.07 Å². The van der Waals surface area contributed by atoms with Crippen LogP contribution in [0.3, 0.4) is 0 Å². The maximum absolute atomic E-state index is 5.64. The van der Waals surface area contributed by atoms with Gasteiger partial charge in [0.15, 0.2) is 0 Å². The van der Waals surface area contributed by atoms with Gasteiger partial charge in [-0.15, -0.1) is 11.8 Å². The molecule has 94 valence electrons. The Morgan fingerprint density at radius 3 is 2.94 bits per heavy atom. The summed E-state index contributed by atoms with van der Waals surface area (Å²) in [6.45, 7) is 2.31. The van der Waals surface area contributed by atoms with Crippen molar-refractivity contribution < 1.29 is 0 Å². The van der Waals surface area contributed by atoms with Crippen molar-refractivity contribution in [1.29, 1.82) is 0 Å². The molecule has 1 saturated carbocycles. The largest absolute Gasteiger partial charge is 0.368 e. The number of rotatable bonds is 3. The number of nitrogen functional groups attached to an aromatic ring is 2. The van der Waals surface area contributed by atoms with Crippen LogP contribution in [0.1, 0.15) is 32.6 Å². The lowest BCUT2D eigenvalue weighted by molar-refractivity contribution is 0.394. The Labute approximate surface area is 106 Å². The second kappa shape index (κ2) is 5.55. The highest BCUT2D eigenvalue weighted by Crippen LogP contribution is 2.35. The average molecular weight is 253 g/mol. The third-order valence-electron chi connectivity index (χ3n) is 3.04. The Balaban J connectivity index is 2.04. The fraction of sp³-hybridized carbons (Fsp3) is 0.636. The van der Waals surface area contributed by atoms with Gasteiger partial charge in [0.25, 0.3) is 0 Å². The molecule has 5 nitrogen and oxygen atoms in total. The molecule has 2 unspecified atom stereocenters. The first-order chi connectivity index (χ1) is 8.17. The molecule has 0 radical (unpaired) electrons. The lowest BCUT2D eigenvalue weighted by Crippen LogP contribution is -2.16. The van der Waals surface area contributed by atoms with Gasteiger partial charge in [-0.25, -0.2) is 10.8 Å². The average Bonchev–Trinajstić information content (AvgIpc) is 2.28. The van der Waals surface area contributed by atoms with Gasteiger partial charge in [0.2, 0.25) is 5.95 Å². The van der Waals surface area contributed by atoms with Crippen LogP contribution in [0, 0.1) is 5.92 Å². The number of hydrazine groups is 1. The minimum atomic E-state index is 0.270. The zero-order valence-corrected chi connectivity index (χ0v) is 10.8. The molecule has 1 aromatic rings. The third kappa shape index (κ3) is 3.47. The van der Waals surface area contributed by atoms with Gasteiger partial charge in [0.1, 0.15) is 10.8 Å². The quantitative estimate of drug-likeness (QED) is 0.434. The van der Waals surface area contributed by atoms with Crippen molar-refractivity contribution in [3.63, 3.8) is 0 Å². The van der Waals surface area contributed by atoms with E-state index in [1.165, 1.54) is 25.7 Å². The fourth-order valence-electron chi connectivity index (χ4n) is 2.23. The summed E-state index contributed by atoms with van der Waals surface area (Å²) in [5.74, 6) is 6.99. The summed E-state index contributed by atoms with van der Waals surface area (Å²) in [5, 5.41) is 1.54. The van der Waals surface area contributed by atoms with Crippen LogP contribution in [0.25, 0.3) is 0 Å². The first-order valence-corrected chi connectivity index (χ1v) is 6.83. The highest BCUT2D eigenvalue weighted by Gasteiger charge is 2.20. The first kappa shape index (κ1) is 12.4. The molecule has 0 aromatic carbocycles. The molecule has 0 aliphatic heterocycles. The van der Waals surface area contributed by atoms with Crippen LogP contribution in [-0.4, -0.2) is 15.2 Å². The number of anilines is 2. The lowest BCUT2D eigenvalue weighted by atomic mass is 9.91. The standard InChI is InChI=1S/C11H19N5S/c1-7-3-2-4-8(5-7)17-10-6-9(16-13)14-11(12)15-10/h6-8H,2-5,13H2,1H3,(H3,12,14,15,16). The van der Waals surface area contributed by atoms with E-state index < -0.39 is 0 Å². The van der Waals surface area contributed by atoms with Crippen LogP contribution in [0.15, 0.2) is 11.1 Å². The van der Waals surface area contributed by atoms with Crippen LogP contribution in [0.2, 0.25) is 0 Å². The van der Waals surface area contributed by atoms with Gasteiger partial charge in [-0.05, 0) is 18.8 Å². The minimum absolute atomic E-state index is 0.270. The Bertz CT molecular complexity index is 384. The fourth-order valence-corrected chi connectivity index (χ4v) is 3.61. The second-order valence-corrected chi connectivity index (χ2v) is 5.93. The van der Waals surface area contributed by atoms with E-state index in [1.54, 1.807) is 11.8 Å². The van der Waals surface area contributed by atoms with Crippen molar-refractivity contribution in [2.24, 2.45) is 11.8 Å². The summed E-state index contributed by atoms with van der Waals surface area (Å²) in [7, 11) is 0. The topological polar surface area (TPSA) is 89.8 Å². The molecule has 0 amide bonds. The van der Waals surface area contributed by atoms with Gasteiger partial charge in [0, 0.05) is 11.3 Å². The van der Waals surface area contributed by atoms with Gasteiger partial charge < -0.3 is 11.2 Å². The molecule has 0 saturated heterocycles. The number of nitrogens with zero attached hydrogens (tertiary/aromatic N) is 2. The monoisotopic (exact) mass is 253 g/mol. The molecule has 0 bridgehead atoms. The maximum atomic E-state index is 5.64. The number of aromatic nitrogens is 2. The summed E-state index contributed by atoms with van der Waals surface area (Å²) in [6, 6.07) is 1.85. The second-order valence-electron chi connectivity index (χ2n) is 4.61. The highest BCUT2D eigenvalue weighted by molar-refractivity contribution is 7.99. The van der Waals surface area contributed by atoms with Crippen LogP contribution in [-0.2, 0) is 0 Å². The number of hydrogen-bond donors (Lipinski definition) is 3. The van der Waals surface area contributed by atoms with Crippen molar-refractivity contribution in [3.8, 4) is 0 Å². The van der Waals surface area contributed by atoms with E-state index in [4.69, 9.17) is 11.6 Å². The van der Waals surface area contributed by atoms with Crippen molar-refractivity contribution in [2.45, 2.75) is 42.9 Å². The smallest absolute Gasteiger partial charge is 0.223 e. The number of hydrogen-bond acceptors (Lipinski definition) is 6. The van der Waals surface area contributed by atoms with E-state index in [9.17, 15) is 0 Å². The van der Waals surface area contributed by atoms with Crippen LogP contribution < -0.4 is 17.0 Å². The third-order valence-corrected chi connectivity index (χ3v) is 4.26. The van der Waals surface area contributed by atoms with Crippen LogP contribution in [0.4, 0.5) is 11.8 Å². The summed E-state index contributed by atoms with van der Waals surface area (Å²) in [4.78, 5) is 8.21. The molecule has 2 atom stereocenters. The normalized spacial score (nSPS) is 24.6. The van der Waals surface area contributed by atoms with E-state index in [-0.39, 0.29) is 5.95 Å². The van der Waals surface area contributed by atoms with Gasteiger partial charge in [0.05, 0.1) is 0 Å². The molecule has 1 aliphatic rings. The summed E-state index contributed by atoms with van der Waals surface area (Å²) in [6.07, 6.45) is 5.16. The van der Waals surface area contributed by atoms with Crippen molar-refractivity contribution in [1.82, 2.24) is 9.97 Å². The Morgan fingerprint density at radius 2 is 2.24 bits per heavy atom. The summed E-state index contributed by atoms with van der Waals surface area (Å²) in [5.41, 5.74) is 8.15. The zero-order valence-electron chi connectivity index (χ0n) is 10.0. The zero-order chi connectivity index (χ0) is 12.3. The molecule has 1 heterocycles. The minimum Gasteiger partial charge on any atom is -0.368 e. The van der Waals surface area contributed by atoms with Crippen molar-refractivity contribution >= 4 is 23.5 Å². The first-order valence-electron chi connectivity index (χ1n) is 5.95. The Kier molecular flexibility index (Phi) is 4.06. The summed E-state index contributed by atoms with van der Waals surface area (Å²) >= 11 is 1.79. The Morgan fingerprint density at radius 1 is 1.41 bits per heavy atom. The van der Waals surface area contributed by atoms with E-state index in [0.717, 1.165) is 10.9 Å². The predicted molar refractivity (Wildman–Crippen MR) is 71.5 cm³/mol. The molecule has 5 N–H and O–H groups in total. The van der Waals surface area contributed by atoms with Crippen LogP contribution >= 0.6 is 11.8 Å². The molecule has 17 heavy (non-hydrogen) atoms. The van der Waals surface area contributed by atoms with Crippen LogP contribution in [0.5, 0.6) is 0 Å². The molecule has 0 spiro atoms. The van der Waals surface area contributed by atoms with E-state index in [1.807, 2.05) is 6.07 Å². The number of nitrogens with one attached hydrogen (secondary N) is 1. The van der Waals surface area contributed by atoms with E-state index in [2.05, 4.69) is 22.3 Å². The van der Waals surface area contributed by atoms with E-state index in [0.29, 0.717) is 11.1 Å². The number of thioether (sulfide) groups is 1. The van der Waals surface area contributed by atoms with Gasteiger partial charge in [-0.2, -0.15) is 4.98 Å². The summed E-state index contributed by atoms with van der Waals surface area (Å²) < 4.78 is 0. The maximum Gasteiger partial charge on any atom is 0.223 e. The number of nitrogens with two attached hydrogens (primary N) is 2. The van der Waals surface area contributed by atoms with Gasteiger partial charge in [-0.3, -0.25) is 0 Å². The highest BCUT2D eigenvalue weighted by atomic mass is 32.2. The molecule has 1 aromatic heterocycles. The molecule has 6 heteroatoms. The van der Waals surface area contributed by atoms with Gasteiger partial charge in [-0.1, -0.05) is 19.8 Å². The SMILES string of the molecule is CC1CCCC(Sc2cc(NN)nc(N)n2)C1. The van der Waals surface area contributed by atoms with Crippen molar-refractivity contribution in [2.75, 3.05) is 11.2 Å². The lowest BCUT2D eigenvalue weighted by Gasteiger charge is -2.25.